The number of thiazole rings is 1. The van der Waals surface area contributed by atoms with E-state index in [1.807, 2.05) is 6.92 Å². The number of rotatable bonds is 8. The van der Waals surface area contributed by atoms with E-state index in [2.05, 4.69) is 9.71 Å². The molecule has 0 aliphatic rings. The Labute approximate surface area is 218 Å². The number of primary sulfonamides is 1. The Morgan fingerprint density at radius 1 is 1.03 bits per heavy atom. The van der Waals surface area contributed by atoms with E-state index in [0.717, 1.165) is 16.9 Å². The van der Waals surface area contributed by atoms with E-state index in [1.54, 1.807) is 34.9 Å². The first-order valence-electron chi connectivity index (χ1n) is 10.9. The highest BCUT2D eigenvalue weighted by atomic mass is 32.2. The maximum atomic E-state index is 13.3. The molecule has 1 amide bonds. The molecule has 194 valence electrons. The third-order valence-electron chi connectivity index (χ3n) is 5.43. The van der Waals surface area contributed by atoms with Crippen LogP contribution < -0.4 is 14.7 Å². The molecule has 0 bridgehead atoms. The molecule has 0 fully saturated rings. The lowest BCUT2D eigenvalue weighted by atomic mass is 10.2. The quantitative estimate of drug-likeness (QED) is 0.338. The Hall–Kier alpha value is -3.36. The zero-order valence-electron chi connectivity index (χ0n) is 19.9. The average Bonchev–Trinajstić information content (AvgIpc) is 3.18. The van der Waals surface area contributed by atoms with Crippen LogP contribution in [0.3, 0.4) is 0 Å². The molecule has 1 aromatic heterocycles. The number of carbonyl (C=O) groups excluding carboxylic acids is 1. The number of sulfonamides is 2. The van der Waals surface area contributed by atoms with Gasteiger partial charge in [-0.3, -0.25) is 9.52 Å². The van der Waals surface area contributed by atoms with Crippen molar-refractivity contribution in [3.63, 3.8) is 0 Å². The number of hydrogen-bond acceptors (Lipinski definition) is 7. The molecular weight excluding hydrogens is 536 g/mol. The first kappa shape index (κ1) is 26.7. The van der Waals surface area contributed by atoms with Crippen molar-refractivity contribution in [3.8, 4) is 0 Å². The average molecular weight is 561 g/mol. The number of ether oxygens (including phenoxy) is 1. The van der Waals surface area contributed by atoms with Crippen molar-refractivity contribution in [2.75, 3.05) is 18.4 Å². The predicted molar refractivity (Wildman–Crippen MR) is 141 cm³/mol. The summed E-state index contributed by atoms with van der Waals surface area (Å²) in [4.78, 5) is 17.8. The second-order valence-corrected chi connectivity index (χ2v) is 12.3. The standard InChI is InChI=1S/C24H24N4O6S3/c1-16-7-9-17(10-8-16)37(32,33)27-20-6-4-3-5-19(20)23(29)26-24-28(13-14-34-2)21-12-11-18(36(25,30)31)15-22(21)35-24/h3-12,15,27H,13-14H2,1-2H3,(H2,25,30,31). The van der Waals surface area contributed by atoms with Crippen LogP contribution in [0.15, 0.2) is 81.5 Å². The smallest absolute Gasteiger partial charge is 0.281 e. The summed E-state index contributed by atoms with van der Waals surface area (Å²) in [6.07, 6.45) is 0. The molecule has 0 saturated carbocycles. The fourth-order valence-corrected chi connectivity index (χ4v) is 6.33. The van der Waals surface area contributed by atoms with E-state index in [1.165, 1.54) is 43.5 Å². The van der Waals surface area contributed by atoms with Gasteiger partial charge in [0.25, 0.3) is 15.9 Å². The van der Waals surface area contributed by atoms with Gasteiger partial charge in [0, 0.05) is 13.7 Å². The van der Waals surface area contributed by atoms with E-state index >= 15 is 0 Å². The monoisotopic (exact) mass is 560 g/mol. The molecule has 0 atom stereocenters. The van der Waals surface area contributed by atoms with E-state index in [4.69, 9.17) is 9.88 Å². The zero-order valence-corrected chi connectivity index (χ0v) is 22.4. The minimum absolute atomic E-state index is 0.0548. The number of para-hydroxylation sites is 1. The highest BCUT2D eigenvalue weighted by Crippen LogP contribution is 2.23. The third-order valence-corrected chi connectivity index (χ3v) is 8.77. The molecule has 37 heavy (non-hydrogen) atoms. The number of nitrogens with zero attached hydrogens (tertiary/aromatic N) is 2. The van der Waals surface area contributed by atoms with Gasteiger partial charge in [-0.1, -0.05) is 41.2 Å². The van der Waals surface area contributed by atoms with E-state index in [9.17, 15) is 21.6 Å². The lowest BCUT2D eigenvalue weighted by molar-refractivity contribution is 0.0998. The third kappa shape index (κ3) is 5.97. The SMILES string of the molecule is COCCn1c(=NC(=O)c2ccccc2NS(=O)(=O)c2ccc(C)cc2)sc2cc(S(N)(=O)=O)ccc21. The number of amides is 1. The molecule has 0 unspecified atom stereocenters. The van der Waals surface area contributed by atoms with Crippen LogP contribution in [0.1, 0.15) is 15.9 Å². The summed E-state index contributed by atoms with van der Waals surface area (Å²) in [5.41, 5.74) is 1.70. The molecule has 0 aliphatic heterocycles. The van der Waals surface area contributed by atoms with Crippen LogP contribution in [0.25, 0.3) is 10.2 Å². The normalized spacial score (nSPS) is 12.7. The number of carbonyl (C=O) groups is 1. The van der Waals surface area contributed by atoms with Gasteiger partial charge in [-0.25, -0.2) is 22.0 Å². The fraction of sp³-hybridized carbons (Fsp3) is 0.167. The molecule has 0 radical (unpaired) electrons. The highest BCUT2D eigenvalue weighted by Gasteiger charge is 2.19. The van der Waals surface area contributed by atoms with Gasteiger partial charge in [-0.15, -0.1) is 0 Å². The van der Waals surface area contributed by atoms with Crippen LogP contribution in [-0.4, -0.2) is 41.0 Å². The van der Waals surface area contributed by atoms with Crippen LogP contribution in [0.2, 0.25) is 0 Å². The minimum Gasteiger partial charge on any atom is -0.383 e. The number of nitrogens with two attached hydrogens (primary N) is 1. The number of hydrogen-bond donors (Lipinski definition) is 2. The Kier molecular flexibility index (Phi) is 7.62. The van der Waals surface area contributed by atoms with Crippen molar-refractivity contribution in [2.24, 2.45) is 10.1 Å². The lowest BCUT2D eigenvalue weighted by Crippen LogP contribution is -2.20. The zero-order chi connectivity index (χ0) is 26.8. The molecule has 3 aromatic carbocycles. The van der Waals surface area contributed by atoms with Gasteiger partial charge in [-0.2, -0.15) is 4.99 Å². The maximum absolute atomic E-state index is 13.3. The first-order valence-corrected chi connectivity index (χ1v) is 14.8. The molecule has 4 aromatic rings. The van der Waals surface area contributed by atoms with Crippen LogP contribution in [0.5, 0.6) is 0 Å². The van der Waals surface area contributed by atoms with Crippen molar-refractivity contribution >= 4 is 53.2 Å². The molecule has 0 saturated heterocycles. The van der Waals surface area contributed by atoms with Gasteiger partial charge >= 0.3 is 0 Å². The second kappa shape index (κ2) is 10.6. The maximum Gasteiger partial charge on any atom is 0.281 e. The van der Waals surface area contributed by atoms with E-state index in [0.29, 0.717) is 28.2 Å². The number of benzene rings is 3. The summed E-state index contributed by atoms with van der Waals surface area (Å²) in [7, 11) is -6.34. The summed E-state index contributed by atoms with van der Waals surface area (Å²) in [6, 6.07) is 16.9. The van der Waals surface area contributed by atoms with E-state index in [-0.39, 0.29) is 21.0 Å². The van der Waals surface area contributed by atoms with Crippen molar-refractivity contribution < 1.29 is 26.4 Å². The largest absolute Gasteiger partial charge is 0.383 e. The molecule has 10 nitrogen and oxygen atoms in total. The number of anilines is 1. The van der Waals surface area contributed by atoms with E-state index < -0.39 is 26.0 Å². The van der Waals surface area contributed by atoms with Crippen molar-refractivity contribution in [2.45, 2.75) is 23.3 Å². The summed E-state index contributed by atoms with van der Waals surface area (Å²) < 4.78 is 59.4. The Balaban J connectivity index is 1.77. The summed E-state index contributed by atoms with van der Waals surface area (Å²) in [5, 5.41) is 5.26. The molecule has 1 heterocycles. The first-order chi connectivity index (χ1) is 17.5. The van der Waals surface area contributed by atoms with Crippen molar-refractivity contribution in [1.82, 2.24) is 4.57 Å². The topological polar surface area (TPSA) is 150 Å². The number of methoxy groups -OCH3 is 1. The Morgan fingerprint density at radius 3 is 2.38 bits per heavy atom. The Bertz CT molecular complexity index is 1760. The minimum atomic E-state index is -3.95. The second-order valence-electron chi connectivity index (χ2n) is 8.08. The molecule has 0 spiro atoms. The van der Waals surface area contributed by atoms with Crippen LogP contribution in [0, 0.1) is 6.92 Å². The van der Waals surface area contributed by atoms with Crippen LogP contribution >= 0.6 is 11.3 Å². The molecule has 13 heteroatoms. The summed E-state index contributed by atoms with van der Waals surface area (Å²) in [6.45, 7) is 2.51. The number of aryl methyl sites for hydroxylation is 1. The summed E-state index contributed by atoms with van der Waals surface area (Å²) >= 11 is 1.11. The number of aromatic nitrogens is 1. The van der Waals surface area contributed by atoms with Gasteiger partial charge < -0.3 is 9.30 Å². The number of nitrogens with one attached hydrogen (secondary N) is 1. The number of fused-ring (bicyclic) bond motifs is 1. The summed E-state index contributed by atoms with van der Waals surface area (Å²) in [5.74, 6) is -0.674. The van der Waals surface area contributed by atoms with Crippen LogP contribution in [-0.2, 0) is 31.3 Å². The molecular formula is C24H24N4O6S3. The Morgan fingerprint density at radius 2 is 1.70 bits per heavy atom. The van der Waals surface area contributed by atoms with Crippen LogP contribution in [0.4, 0.5) is 5.69 Å². The van der Waals surface area contributed by atoms with Gasteiger partial charge in [0.1, 0.15) is 0 Å². The molecule has 0 aliphatic carbocycles. The van der Waals surface area contributed by atoms with Crippen molar-refractivity contribution in [3.05, 3.63) is 82.7 Å². The molecule has 3 N–H and O–H groups in total. The predicted octanol–water partition coefficient (Wildman–Crippen LogP) is 2.85. The van der Waals surface area contributed by atoms with Gasteiger partial charge in [0.2, 0.25) is 10.0 Å². The fourth-order valence-electron chi connectivity index (χ4n) is 3.54. The highest BCUT2D eigenvalue weighted by molar-refractivity contribution is 7.92. The van der Waals surface area contributed by atoms with Crippen molar-refractivity contribution in [1.29, 1.82) is 0 Å². The molecule has 4 rings (SSSR count). The lowest BCUT2D eigenvalue weighted by Gasteiger charge is -2.11. The van der Waals surface area contributed by atoms with Gasteiger partial charge in [-0.05, 0) is 49.4 Å². The van der Waals surface area contributed by atoms with Gasteiger partial charge in [0.15, 0.2) is 4.80 Å². The van der Waals surface area contributed by atoms with Gasteiger partial charge in [0.05, 0.1) is 37.9 Å².